The molecule has 2 atom stereocenters. The summed E-state index contributed by atoms with van der Waals surface area (Å²) < 4.78 is 23.0. The van der Waals surface area contributed by atoms with Crippen molar-refractivity contribution in [3.05, 3.63) is 0 Å². The van der Waals surface area contributed by atoms with Gasteiger partial charge < -0.3 is 23.8 Å². The van der Waals surface area contributed by atoms with Gasteiger partial charge in [0.25, 0.3) is 0 Å². The fourth-order valence-corrected chi connectivity index (χ4v) is 4.98. The Balaban J connectivity index is 1.30. The van der Waals surface area contributed by atoms with E-state index in [4.69, 9.17) is 18.9 Å². The number of fused-ring (bicyclic) bond motifs is 1. The highest BCUT2D eigenvalue weighted by Gasteiger charge is 2.53. The van der Waals surface area contributed by atoms with Gasteiger partial charge in [-0.2, -0.15) is 0 Å². The molecule has 3 heterocycles. The quantitative estimate of drug-likeness (QED) is 0.687. The molecule has 3 saturated heterocycles. The first-order valence-electron chi connectivity index (χ1n) is 10.2. The number of hydrogen-bond donors (Lipinski definition) is 0. The molecule has 0 unspecified atom stereocenters. The maximum absolute atomic E-state index is 12.9. The van der Waals surface area contributed by atoms with Crippen molar-refractivity contribution in [1.82, 2.24) is 4.90 Å². The van der Waals surface area contributed by atoms with Crippen LogP contribution in [0, 0.1) is 17.3 Å². The fourth-order valence-electron chi connectivity index (χ4n) is 4.98. The Kier molecular flexibility index (Phi) is 5.56. The molecule has 0 radical (unpaired) electrons. The summed E-state index contributed by atoms with van der Waals surface area (Å²) in [5.41, 5.74) is -0.210. The van der Waals surface area contributed by atoms with Crippen molar-refractivity contribution < 1.29 is 23.7 Å². The van der Waals surface area contributed by atoms with E-state index >= 15 is 0 Å². The summed E-state index contributed by atoms with van der Waals surface area (Å²) in [6.45, 7) is 6.25. The van der Waals surface area contributed by atoms with Crippen LogP contribution in [0.3, 0.4) is 0 Å². The van der Waals surface area contributed by atoms with Gasteiger partial charge in [0.05, 0.1) is 31.8 Å². The van der Waals surface area contributed by atoms with Crippen molar-refractivity contribution in [2.24, 2.45) is 17.3 Å². The minimum Gasteiger partial charge on any atom is -0.381 e. The van der Waals surface area contributed by atoms with E-state index in [0.29, 0.717) is 31.5 Å². The van der Waals surface area contributed by atoms with Crippen LogP contribution in [0.15, 0.2) is 0 Å². The van der Waals surface area contributed by atoms with E-state index in [9.17, 15) is 4.79 Å². The molecule has 4 fully saturated rings. The SMILES string of the molecule is COC1(CC(=O)N2C[C@@H]3COC[C@]3(COCC3CCOCC3)C2)CCC1. The highest BCUT2D eigenvalue weighted by Crippen LogP contribution is 2.44. The first-order valence-corrected chi connectivity index (χ1v) is 10.2. The Labute approximate surface area is 156 Å². The van der Waals surface area contributed by atoms with Crippen molar-refractivity contribution in [2.75, 3.05) is 59.8 Å². The van der Waals surface area contributed by atoms with E-state index in [2.05, 4.69) is 0 Å². The molecule has 4 aliphatic rings. The average molecular weight is 367 g/mol. The van der Waals surface area contributed by atoms with Gasteiger partial charge >= 0.3 is 0 Å². The van der Waals surface area contributed by atoms with Crippen molar-refractivity contribution >= 4 is 5.91 Å². The summed E-state index contributed by atoms with van der Waals surface area (Å²) in [5.74, 6) is 1.26. The number of carbonyl (C=O) groups excluding carboxylic acids is 1. The largest absolute Gasteiger partial charge is 0.381 e. The van der Waals surface area contributed by atoms with E-state index < -0.39 is 0 Å². The maximum Gasteiger partial charge on any atom is 0.225 e. The Morgan fingerprint density at radius 3 is 2.73 bits per heavy atom. The van der Waals surface area contributed by atoms with Gasteiger partial charge in [-0.05, 0) is 38.0 Å². The Hall–Kier alpha value is -0.690. The highest BCUT2D eigenvalue weighted by atomic mass is 16.5. The van der Waals surface area contributed by atoms with Crippen LogP contribution in [0.1, 0.15) is 38.5 Å². The number of hydrogen-bond acceptors (Lipinski definition) is 5. The van der Waals surface area contributed by atoms with Gasteiger partial charge in [0, 0.05) is 51.4 Å². The molecular weight excluding hydrogens is 334 g/mol. The molecule has 148 valence electrons. The average Bonchev–Trinajstić information content (AvgIpc) is 3.16. The van der Waals surface area contributed by atoms with E-state index in [-0.39, 0.29) is 16.9 Å². The zero-order chi connectivity index (χ0) is 18.0. The maximum atomic E-state index is 12.9. The molecule has 0 aromatic rings. The number of carbonyl (C=O) groups is 1. The fraction of sp³-hybridized carbons (Fsp3) is 0.950. The third-order valence-electron chi connectivity index (χ3n) is 7.13. The number of amides is 1. The van der Waals surface area contributed by atoms with Crippen LogP contribution < -0.4 is 0 Å². The smallest absolute Gasteiger partial charge is 0.225 e. The van der Waals surface area contributed by atoms with Crippen molar-refractivity contribution in [3.63, 3.8) is 0 Å². The number of methoxy groups -OCH3 is 1. The van der Waals surface area contributed by atoms with Crippen LogP contribution >= 0.6 is 0 Å². The van der Waals surface area contributed by atoms with Gasteiger partial charge in [0.2, 0.25) is 5.91 Å². The minimum absolute atomic E-state index is 0.0132. The van der Waals surface area contributed by atoms with Crippen LogP contribution in [0.4, 0.5) is 0 Å². The van der Waals surface area contributed by atoms with Crippen molar-refractivity contribution in [2.45, 2.75) is 44.1 Å². The summed E-state index contributed by atoms with van der Waals surface area (Å²) in [5, 5.41) is 0. The molecule has 1 amide bonds. The van der Waals surface area contributed by atoms with E-state index in [1.54, 1.807) is 7.11 Å². The molecule has 0 aromatic heterocycles. The first-order chi connectivity index (χ1) is 12.6. The first kappa shape index (κ1) is 18.7. The lowest BCUT2D eigenvalue weighted by atomic mass is 9.77. The molecule has 4 rings (SSSR count). The summed E-state index contributed by atoms with van der Waals surface area (Å²) in [4.78, 5) is 14.9. The predicted octanol–water partition coefficient (Wildman–Crippen LogP) is 1.86. The molecule has 1 saturated carbocycles. The number of ether oxygens (including phenoxy) is 4. The normalized spacial score (nSPS) is 33.9. The molecule has 3 aliphatic heterocycles. The summed E-state index contributed by atoms with van der Waals surface area (Å²) in [6, 6.07) is 0. The molecule has 1 aliphatic carbocycles. The topological polar surface area (TPSA) is 57.2 Å². The van der Waals surface area contributed by atoms with E-state index in [0.717, 1.165) is 65.2 Å². The second-order valence-corrected chi connectivity index (χ2v) is 8.84. The minimum atomic E-state index is -0.196. The van der Waals surface area contributed by atoms with Crippen molar-refractivity contribution in [1.29, 1.82) is 0 Å². The lowest BCUT2D eigenvalue weighted by Gasteiger charge is -2.41. The zero-order valence-corrected chi connectivity index (χ0v) is 16.0. The van der Waals surface area contributed by atoms with Gasteiger partial charge in [-0.25, -0.2) is 0 Å². The monoisotopic (exact) mass is 367 g/mol. The molecule has 6 heteroatoms. The third kappa shape index (κ3) is 3.66. The second-order valence-electron chi connectivity index (χ2n) is 8.84. The molecule has 0 N–H and O–H groups in total. The van der Waals surface area contributed by atoms with Crippen LogP contribution in [-0.4, -0.2) is 76.2 Å². The lowest BCUT2D eigenvalue weighted by molar-refractivity contribution is -0.144. The van der Waals surface area contributed by atoms with Crippen LogP contribution in [-0.2, 0) is 23.7 Å². The number of rotatable bonds is 7. The summed E-state index contributed by atoms with van der Waals surface area (Å²) >= 11 is 0. The number of likely N-dealkylation sites (tertiary alicyclic amines) is 1. The van der Waals surface area contributed by atoms with Crippen molar-refractivity contribution in [3.8, 4) is 0 Å². The molecule has 0 spiro atoms. The van der Waals surface area contributed by atoms with Crippen LogP contribution in [0.5, 0.6) is 0 Å². The lowest BCUT2D eigenvalue weighted by Crippen LogP contribution is -2.45. The van der Waals surface area contributed by atoms with Crippen LogP contribution in [0.2, 0.25) is 0 Å². The standard InChI is InChI=1S/C20H33NO5/c1-23-20(5-2-6-20)9-18(22)21-10-17-12-26-15-19(17,13-21)14-25-11-16-3-7-24-8-4-16/h16-17H,2-15H2,1H3/t17-,19-/m1/s1. The highest BCUT2D eigenvalue weighted by molar-refractivity contribution is 5.78. The Morgan fingerprint density at radius 1 is 1.23 bits per heavy atom. The second kappa shape index (κ2) is 7.74. The summed E-state index contributed by atoms with van der Waals surface area (Å²) in [6.07, 6.45) is 5.90. The zero-order valence-electron chi connectivity index (χ0n) is 16.0. The molecule has 26 heavy (non-hydrogen) atoms. The van der Waals surface area contributed by atoms with Gasteiger partial charge in [-0.1, -0.05) is 0 Å². The molecule has 0 bridgehead atoms. The Morgan fingerprint density at radius 2 is 2.04 bits per heavy atom. The third-order valence-corrected chi connectivity index (χ3v) is 7.13. The van der Waals surface area contributed by atoms with E-state index in [1.807, 2.05) is 4.90 Å². The van der Waals surface area contributed by atoms with Gasteiger partial charge in [0.1, 0.15) is 0 Å². The molecule has 0 aromatic carbocycles. The van der Waals surface area contributed by atoms with Crippen LogP contribution in [0.25, 0.3) is 0 Å². The van der Waals surface area contributed by atoms with Gasteiger partial charge in [-0.3, -0.25) is 4.79 Å². The predicted molar refractivity (Wildman–Crippen MR) is 95.9 cm³/mol. The van der Waals surface area contributed by atoms with E-state index in [1.165, 1.54) is 6.42 Å². The summed E-state index contributed by atoms with van der Waals surface area (Å²) in [7, 11) is 1.74. The van der Waals surface area contributed by atoms with Gasteiger partial charge in [0.15, 0.2) is 0 Å². The van der Waals surface area contributed by atoms with Gasteiger partial charge in [-0.15, -0.1) is 0 Å². The molecular formula is C20H33NO5. The number of nitrogens with zero attached hydrogens (tertiary/aromatic N) is 1. The molecule has 6 nitrogen and oxygen atoms in total. The Bertz CT molecular complexity index is 497.